The van der Waals surface area contributed by atoms with E-state index < -0.39 is 17.0 Å². The first-order chi connectivity index (χ1) is 13.0. The van der Waals surface area contributed by atoms with Crippen LogP contribution in [0.2, 0.25) is 0 Å². The van der Waals surface area contributed by atoms with E-state index in [1.54, 1.807) is 33.1 Å². The fraction of sp³-hybridized carbons (Fsp3) is 0.391. The van der Waals surface area contributed by atoms with Crippen LogP contribution < -0.4 is 4.74 Å². The molecule has 1 aromatic rings. The molecular formula is C23H28O5. The zero-order chi connectivity index (χ0) is 21.1. The van der Waals surface area contributed by atoms with Crippen molar-refractivity contribution in [2.75, 3.05) is 7.11 Å². The molecule has 1 atom stereocenters. The molecule has 0 heterocycles. The molecule has 0 radical (unpaired) electrons. The van der Waals surface area contributed by atoms with Crippen LogP contribution in [0.25, 0.3) is 0 Å². The van der Waals surface area contributed by atoms with E-state index in [-0.39, 0.29) is 12.2 Å². The number of ether oxygens (including phenoxy) is 1. The smallest absolute Gasteiger partial charge is 0.328 e. The molecule has 1 aliphatic rings. The maximum absolute atomic E-state index is 12.8. The Bertz CT molecular complexity index is 873. The molecule has 28 heavy (non-hydrogen) atoms. The van der Waals surface area contributed by atoms with E-state index in [2.05, 4.69) is 0 Å². The summed E-state index contributed by atoms with van der Waals surface area (Å²) in [6, 6.07) is 7.51. The van der Waals surface area contributed by atoms with Crippen molar-refractivity contribution in [3.63, 3.8) is 0 Å². The minimum atomic E-state index is -1.36. The monoisotopic (exact) mass is 384 g/mol. The predicted octanol–water partition coefficient (Wildman–Crippen LogP) is 3.87. The van der Waals surface area contributed by atoms with Gasteiger partial charge in [0.2, 0.25) is 0 Å². The van der Waals surface area contributed by atoms with E-state index in [0.717, 1.165) is 11.6 Å². The Morgan fingerprint density at radius 2 is 2.00 bits per heavy atom. The Morgan fingerprint density at radius 3 is 2.61 bits per heavy atom. The summed E-state index contributed by atoms with van der Waals surface area (Å²) < 4.78 is 5.25. The summed E-state index contributed by atoms with van der Waals surface area (Å²) in [7, 11) is 1.59. The Hall–Kier alpha value is -2.66. The van der Waals surface area contributed by atoms with E-state index in [1.165, 1.54) is 0 Å². The number of benzene rings is 1. The molecule has 150 valence electrons. The van der Waals surface area contributed by atoms with Gasteiger partial charge in [0.1, 0.15) is 11.4 Å². The van der Waals surface area contributed by atoms with E-state index in [0.29, 0.717) is 28.9 Å². The fourth-order valence-electron chi connectivity index (χ4n) is 3.65. The number of hydrogen-bond acceptors (Lipinski definition) is 4. The number of rotatable bonds is 6. The van der Waals surface area contributed by atoms with Crippen LogP contribution in [0.15, 0.2) is 59.2 Å². The second-order valence-electron chi connectivity index (χ2n) is 7.94. The van der Waals surface area contributed by atoms with Gasteiger partial charge in [-0.1, -0.05) is 32.1 Å². The number of methoxy groups -OCH3 is 1. The molecule has 1 aliphatic carbocycles. The fourth-order valence-corrected chi connectivity index (χ4v) is 3.65. The maximum atomic E-state index is 12.8. The van der Waals surface area contributed by atoms with Gasteiger partial charge in [-0.2, -0.15) is 0 Å². The van der Waals surface area contributed by atoms with Gasteiger partial charge in [0.15, 0.2) is 5.78 Å². The molecule has 0 unspecified atom stereocenters. The maximum Gasteiger partial charge on any atom is 0.328 e. The third-order valence-electron chi connectivity index (χ3n) is 5.45. The number of hydrogen-bond donors (Lipinski definition) is 2. The zero-order valence-electron chi connectivity index (χ0n) is 17.1. The number of aliphatic hydroxyl groups is 1. The van der Waals surface area contributed by atoms with Gasteiger partial charge in [-0.25, -0.2) is 4.79 Å². The lowest BCUT2D eigenvalue weighted by molar-refractivity contribution is -0.131. The number of carboxylic acid groups (broad SMARTS) is 1. The molecule has 0 amide bonds. The SMILES string of the molecule is COc1cccc(CC2=C(C)[C@](O)(/C=C/C(C)=C\C(=O)O)C(C)(C)CC2=O)c1. The van der Waals surface area contributed by atoms with Crippen molar-refractivity contribution in [1.82, 2.24) is 0 Å². The number of ketones is 1. The minimum absolute atomic E-state index is 0.0150. The topological polar surface area (TPSA) is 83.8 Å². The summed E-state index contributed by atoms with van der Waals surface area (Å²) in [4.78, 5) is 23.7. The van der Waals surface area contributed by atoms with Crippen LogP contribution in [0.1, 0.15) is 39.7 Å². The first kappa shape index (κ1) is 21.6. The highest BCUT2D eigenvalue weighted by molar-refractivity contribution is 5.98. The van der Waals surface area contributed by atoms with Crippen molar-refractivity contribution in [2.24, 2.45) is 5.41 Å². The number of aliphatic carboxylic acids is 1. The van der Waals surface area contributed by atoms with Crippen molar-refractivity contribution in [3.05, 3.63) is 64.8 Å². The summed E-state index contributed by atoms with van der Waals surface area (Å²) >= 11 is 0. The number of allylic oxidation sites excluding steroid dienone is 3. The Kier molecular flexibility index (Phi) is 6.30. The van der Waals surface area contributed by atoms with E-state index in [9.17, 15) is 14.7 Å². The van der Waals surface area contributed by atoms with Crippen LogP contribution in [0.4, 0.5) is 0 Å². The second-order valence-corrected chi connectivity index (χ2v) is 7.94. The van der Waals surface area contributed by atoms with E-state index in [4.69, 9.17) is 9.84 Å². The molecule has 2 rings (SSSR count). The summed E-state index contributed by atoms with van der Waals surface area (Å²) in [6.45, 7) is 7.12. The third-order valence-corrected chi connectivity index (χ3v) is 5.45. The lowest BCUT2D eigenvalue weighted by Crippen LogP contribution is -2.49. The van der Waals surface area contributed by atoms with Gasteiger partial charge in [0.05, 0.1) is 7.11 Å². The molecule has 0 spiro atoms. The van der Waals surface area contributed by atoms with Crippen LogP contribution in [0, 0.1) is 5.41 Å². The molecule has 0 fully saturated rings. The Balaban J connectivity index is 2.49. The van der Waals surface area contributed by atoms with Crippen LogP contribution in [0.5, 0.6) is 5.75 Å². The normalized spacial score (nSPS) is 22.6. The quantitative estimate of drug-likeness (QED) is 0.575. The van der Waals surface area contributed by atoms with Gasteiger partial charge in [-0.05, 0) is 48.8 Å². The van der Waals surface area contributed by atoms with Crippen LogP contribution in [0.3, 0.4) is 0 Å². The first-order valence-corrected chi connectivity index (χ1v) is 9.19. The second kappa shape index (κ2) is 8.15. The largest absolute Gasteiger partial charge is 0.497 e. The van der Waals surface area contributed by atoms with Crippen molar-refractivity contribution >= 4 is 11.8 Å². The van der Waals surface area contributed by atoms with Gasteiger partial charge in [0, 0.05) is 29.9 Å². The van der Waals surface area contributed by atoms with Gasteiger partial charge in [0.25, 0.3) is 0 Å². The molecule has 5 nitrogen and oxygen atoms in total. The Labute approximate surface area is 166 Å². The highest BCUT2D eigenvalue weighted by Gasteiger charge is 2.49. The summed E-state index contributed by atoms with van der Waals surface area (Å²) in [5.41, 5.74) is 0.538. The van der Waals surface area contributed by atoms with E-state index >= 15 is 0 Å². The highest BCUT2D eigenvalue weighted by atomic mass is 16.5. The van der Waals surface area contributed by atoms with E-state index in [1.807, 2.05) is 38.1 Å². The third kappa shape index (κ3) is 4.42. The standard InChI is InChI=1S/C23H28O5/c1-15(11-21(25)26)9-10-23(27)16(2)19(20(24)14-22(23,3)4)13-17-7-6-8-18(12-17)28-5/h6-12,27H,13-14H2,1-5H3,(H,25,26)/b10-9+,15-11-/t23-/m1/s1. The van der Waals surface area contributed by atoms with Crippen molar-refractivity contribution in [1.29, 1.82) is 0 Å². The Morgan fingerprint density at radius 1 is 1.32 bits per heavy atom. The lowest BCUT2D eigenvalue weighted by Gasteiger charge is -2.46. The van der Waals surface area contributed by atoms with Gasteiger partial charge < -0.3 is 14.9 Å². The van der Waals surface area contributed by atoms with Crippen LogP contribution in [-0.2, 0) is 16.0 Å². The van der Waals surface area contributed by atoms with Crippen molar-refractivity contribution in [3.8, 4) is 5.75 Å². The molecule has 0 bridgehead atoms. The van der Waals surface area contributed by atoms with Crippen LogP contribution in [-0.4, -0.2) is 34.7 Å². The summed E-state index contributed by atoms with van der Waals surface area (Å²) in [5, 5.41) is 20.4. The number of carbonyl (C=O) groups excluding carboxylic acids is 1. The summed E-state index contributed by atoms with van der Waals surface area (Å²) in [6.07, 6.45) is 4.88. The molecule has 0 aliphatic heterocycles. The molecule has 0 aromatic heterocycles. The predicted molar refractivity (Wildman–Crippen MR) is 108 cm³/mol. The molecular weight excluding hydrogens is 356 g/mol. The van der Waals surface area contributed by atoms with Gasteiger partial charge in [-0.15, -0.1) is 0 Å². The van der Waals surface area contributed by atoms with Crippen molar-refractivity contribution < 1.29 is 24.5 Å². The van der Waals surface area contributed by atoms with Gasteiger partial charge in [-0.3, -0.25) is 4.79 Å². The molecule has 1 aromatic carbocycles. The molecule has 0 saturated carbocycles. The number of Topliss-reactive ketones (excluding diaryl/α,β-unsaturated/α-hetero) is 1. The number of carbonyl (C=O) groups is 2. The average Bonchev–Trinajstić information content (AvgIpc) is 2.61. The first-order valence-electron chi connectivity index (χ1n) is 9.19. The highest BCUT2D eigenvalue weighted by Crippen LogP contribution is 2.47. The molecule has 5 heteroatoms. The molecule has 0 saturated heterocycles. The lowest BCUT2D eigenvalue weighted by atomic mass is 9.62. The summed E-state index contributed by atoms with van der Waals surface area (Å²) in [5.74, 6) is -0.316. The number of carboxylic acids is 1. The average molecular weight is 384 g/mol. The van der Waals surface area contributed by atoms with Crippen LogP contribution >= 0.6 is 0 Å². The van der Waals surface area contributed by atoms with Gasteiger partial charge >= 0.3 is 5.97 Å². The molecule has 2 N–H and O–H groups in total. The minimum Gasteiger partial charge on any atom is -0.497 e. The zero-order valence-corrected chi connectivity index (χ0v) is 17.1. The van der Waals surface area contributed by atoms with Crippen molar-refractivity contribution in [2.45, 2.75) is 46.1 Å².